The average Bonchev–Trinajstić information content (AvgIpc) is 3.33. The summed E-state index contributed by atoms with van der Waals surface area (Å²) < 4.78 is 3.47. The van der Waals surface area contributed by atoms with Crippen molar-refractivity contribution in [2.75, 3.05) is 18.4 Å². The molecule has 0 spiro atoms. The van der Waals surface area contributed by atoms with Crippen molar-refractivity contribution in [3.8, 4) is 11.3 Å². The van der Waals surface area contributed by atoms with E-state index in [9.17, 15) is 9.59 Å². The van der Waals surface area contributed by atoms with Crippen LogP contribution < -0.4 is 5.32 Å². The minimum absolute atomic E-state index is 0.208. The predicted molar refractivity (Wildman–Crippen MR) is 93.7 cm³/mol. The molecule has 0 aromatic carbocycles. The van der Waals surface area contributed by atoms with Crippen LogP contribution in [0.2, 0.25) is 0 Å². The maximum atomic E-state index is 12.7. The molecule has 26 heavy (non-hydrogen) atoms. The fourth-order valence-electron chi connectivity index (χ4n) is 3.19. The number of aryl methyl sites for hydroxylation is 1. The third-order valence-corrected chi connectivity index (χ3v) is 4.56. The van der Waals surface area contributed by atoms with Gasteiger partial charge in [0, 0.05) is 38.1 Å². The number of hydrogen-bond donors (Lipinski definition) is 2. The van der Waals surface area contributed by atoms with E-state index in [1.54, 1.807) is 15.3 Å². The first-order valence-corrected chi connectivity index (χ1v) is 8.28. The van der Waals surface area contributed by atoms with E-state index in [1.807, 2.05) is 37.6 Å². The molecule has 4 heterocycles. The number of imidazole rings is 1. The van der Waals surface area contributed by atoms with Crippen molar-refractivity contribution in [2.45, 2.75) is 6.42 Å². The number of pyridine rings is 1. The van der Waals surface area contributed by atoms with E-state index in [0.29, 0.717) is 30.1 Å². The maximum absolute atomic E-state index is 12.7. The molecule has 9 heteroatoms. The first-order chi connectivity index (χ1) is 12.5. The lowest BCUT2D eigenvalue weighted by atomic mass is 10.1. The highest BCUT2D eigenvalue weighted by Gasteiger charge is 2.31. The molecule has 1 atom stereocenters. The number of anilines is 1. The average molecular weight is 354 g/mol. The van der Waals surface area contributed by atoms with Gasteiger partial charge in [0.15, 0.2) is 0 Å². The number of carboxylic acid groups (broad SMARTS) is 1. The van der Waals surface area contributed by atoms with Gasteiger partial charge in [-0.15, -0.1) is 0 Å². The van der Waals surface area contributed by atoms with Crippen molar-refractivity contribution in [3.05, 3.63) is 36.8 Å². The Kier molecular flexibility index (Phi) is 3.83. The quantitative estimate of drug-likeness (QED) is 0.744. The smallest absolute Gasteiger partial charge is 0.323 e. The lowest BCUT2D eigenvalue weighted by Crippen LogP contribution is -2.34. The zero-order valence-electron chi connectivity index (χ0n) is 14.2. The highest BCUT2D eigenvalue weighted by Crippen LogP contribution is 2.29. The van der Waals surface area contributed by atoms with E-state index >= 15 is 0 Å². The van der Waals surface area contributed by atoms with Gasteiger partial charge in [0.2, 0.25) is 0 Å². The summed E-state index contributed by atoms with van der Waals surface area (Å²) in [5, 5.41) is 16.2. The number of carbonyl (C=O) groups excluding carboxylic acids is 1. The summed E-state index contributed by atoms with van der Waals surface area (Å²) in [7, 11) is 1.81. The molecule has 1 fully saturated rings. The van der Waals surface area contributed by atoms with Crippen molar-refractivity contribution in [1.29, 1.82) is 0 Å². The van der Waals surface area contributed by atoms with Crippen LogP contribution in [0, 0.1) is 5.92 Å². The van der Waals surface area contributed by atoms with Gasteiger partial charge in [0.05, 0.1) is 12.1 Å². The molecule has 0 aliphatic carbocycles. The second kappa shape index (κ2) is 6.17. The van der Waals surface area contributed by atoms with E-state index in [1.165, 1.54) is 4.90 Å². The number of fused-ring (bicyclic) bond motifs is 1. The molecule has 9 nitrogen and oxygen atoms in total. The third kappa shape index (κ3) is 2.77. The standard InChI is InChI=1S/C17H18N6O3/c1-21-9-12(8-18-21)14-15(23-6-3-2-4-13(23)19-14)20-17(26)22-7-5-11(10-22)16(24)25/h2-4,6,8-9,11H,5,7,10H2,1H3,(H,20,26)(H,24,25). The Morgan fingerprint density at radius 2 is 2.19 bits per heavy atom. The van der Waals surface area contributed by atoms with Crippen LogP contribution in [0.5, 0.6) is 0 Å². The first-order valence-electron chi connectivity index (χ1n) is 8.28. The summed E-state index contributed by atoms with van der Waals surface area (Å²) in [5.41, 5.74) is 2.11. The molecule has 134 valence electrons. The monoisotopic (exact) mass is 354 g/mol. The molecular formula is C17H18N6O3. The largest absolute Gasteiger partial charge is 0.481 e. The van der Waals surface area contributed by atoms with Gasteiger partial charge >= 0.3 is 12.0 Å². The topological polar surface area (TPSA) is 105 Å². The van der Waals surface area contributed by atoms with E-state index in [0.717, 1.165) is 5.56 Å². The van der Waals surface area contributed by atoms with Crippen LogP contribution in [0.1, 0.15) is 6.42 Å². The zero-order chi connectivity index (χ0) is 18.3. The van der Waals surface area contributed by atoms with Crippen molar-refractivity contribution >= 4 is 23.5 Å². The number of hydrogen-bond acceptors (Lipinski definition) is 4. The number of likely N-dealkylation sites (tertiary alicyclic amines) is 1. The van der Waals surface area contributed by atoms with Gasteiger partial charge in [-0.2, -0.15) is 5.10 Å². The molecule has 0 saturated carbocycles. The molecule has 0 bridgehead atoms. The van der Waals surface area contributed by atoms with Crippen LogP contribution in [0.25, 0.3) is 16.9 Å². The summed E-state index contributed by atoms with van der Waals surface area (Å²) in [6, 6.07) is 5.25. The SMILES string of the molecule is Cn1cc(-c2nc3ccccn3c2NC(=O)N2CCC(C(=O)O)C2)cn1. The summed E-state index contributed by atoms with van der Waals surface area (Å²) in [4.78, 5) is 29.9. The van der Waals surface area contributed by atoms with Crippen molar-refractivity contribution in [1.82, 2.24) is 24.1 Å². The normalized spacial score (nSPS) is 17.0. The summed E-state index contributed by atoms with van der Waals surface area (Å²) in [5.74, 6) is -0.843. The second-order valence-corrected chi connectivity index (χ2v) is 6.34. The fraction of sp³-hybridized carbons (Fsp3) is 0.294. The molecule has 0 radical (unpaired) electrons. The van der Waals surface area contributed by atoms with Crippen LogP contribution in [0.15, 0.2) is 36.8 Å². The Morgan fingerprint density at radius 3 is 2.88 bits per heavy atom. The summed E-state index contributed by atoms with van der Waals surface area (Å²) in [6.07, 6.45) is 5.80. The van der Waals surface area contributed by atoms with E-state index in [4.69, 9.17) is 5.11 Å². The highest BCUT2D eigenvalue weighted by atomic mass is 16.4. The molecular weight excluding hydrogens is 336 g/mol. The van der Waals surface area contributed by atoms with Gasteiger partial charge in [-0.05, 0) is 18.6 Å². The molecule has 1 saturated heterocycles. The number of rotatable bonds is 3. The number of amides is 2. The van der Waals surface area contributed by atoms with Crippen LogP contribution >= 0.6 is 0 Å². The van der Waals surface area contributed by atoms with Gasteiger partial charge < -0.3 is 10.0 Å². The minimum atomic E-state index is -0.869. The number of aliphatic carboxylic acids is 1. The number of nitrogens with zero attached hydrogens (tertiary/aromatic N) is 5. The van der Waals surface area contributed by atoms with Crippen molar-refractivity contribution < 1.29 is 14.7 Å². The Morgan fingerprint density at radius 1 is 1.35 bits per heavy atom. The highest BCUT2D eigenvalue weighted by molar-refractivity contribution is 5.94. The number of urea groups is 1. The molecule has 1 aliphatic heterocycles. The van der Waals surface area contributed by atoms with Gasteiger partial charge in [-0.1, -0.05) is 6.07 Å². The van der Waals surface area contributed by atoms with Crippen LogP contribution in [0.3, 0.4) is 0 Å². The van der Waals surface area contributed by atoms with E-state index in [2.05, 4.69) is 15.4 Å². The van der Waals surface area contributed by atoms with Gasteiger partial charge in [-0.3, -0.25) is 19.2 Å². The van der Waals surface area contributed by atoms with Gasteiger partial charge in [0.1, 0.15) is 17.2 Å². The summed E-state index contributed by atoms with van der Waals surface area (Å²) >= 11 is 0. The molecule has 3 aromatic rings. The van der Waals surface area contributed by atoms with E-state index < -0.39 is 11.9 Å². The lowest BCUT2D eigenvalue weighted by Gasteiger charge is -2.17. The van der Waals surface area contributed by atoms with Crippen molar-refractivity contribution in [3.63, 3.8) is 0 Å². The van der Waals surface area contributed by atoms with E-state index in [-0.39, 0.29) is 12.6 Å². The minimum Gasteiger partial charge on any atom is -0.481 e. The molecule has 1 aliphatic rings. The number of nitrogens with one attached hydrogen (secondary N) is 1. The molecule has 3 aromatic heterocycles. The molecule has 4 rings (SSSR count). The van der Waals surface area contributed by atoms with Crippen LogP contribution in [-0.4, -0.2) is 54.3 Å². The maximum Gasteiger partial charge on any atom is 0.323 e. The Labute approximate surface area is 148 Å². The first kappa shape index (κ1) is 16.1. The number of carbonyl (C=O) groups is 2. The Bertz CT molecular complexity index is 991. The fourth-order valence-corrected chi connectivity index (χ4v) is 3.19. The Hall–Kier alpha value is -3.36. The molecule has 2 amide bonds. The second-order valence-electron chi connectivity index (χ2n) is 6.34. The lowest BCUT2D eigenvalue weighted by molar-refractivity contribution is -0.141. The van der Waals surface area contributed by atoms with Gasteiger partial charge in [0.25, 0.3) is 0 Å². The predicted octanol–water partition coefficient (Wildman–Crippen LogP) is 1.67. The summed E-state index contributed by atoms with van der Waals surface area (Å²) in [6.45, 7) is 0.627. The molecule has 1 unspecified atom stereocenters. The van der Waals surface area contributed by atoms with Crippen molar-refractivity contribution in [2.24, 2.45) is 13.0 Å². The van der Waals surface area contributed by atoms with Crippen LogP contribution in [-0.2, 0) is 11.8 Å². The third-order valence-electron chi connectivity index (χ3n) is 4.56. The Balaban J connectivity index is 1.67. The van der Waals surface area contributed by atoms with Gasteiger partial charge in [-0.25, -0.2) is 9.78 Å². The van der Waals surface area contributed by atoms with Crippen LogP contribution in [0.4, 0.5) is 10.6 Å². The zero-order valence-corrected chi connectivity index (χ0v) is 14.2. The number of aromatic nitrogens is 4. The number of carboxylic acids is 1. The molecule has 2 N–H and O–H groups in total.